The van der Waals surface area contributed by atoms with Gasteiger partial charge in [0, 0.05) is 24.6 Å². The van der Waals surface area contributed by atoms with Gasteiger partial charge in [0.25, 0.3) is 0 Å². The van der Waals surface area contributed by atoms with Crippen molar-refractivity contribution in [2.45, 2.75) is 13.3 Å². The van der Waals surface area contributed by atoms with Gasteiger partial charge in [-0.3, -0.25) is 0 Å². The van der Waals surface area contributed by atoms with Gasteiger partial charge >= 0.3 is 0 Å². The third-order valence-corrected chi connectivity index (χ3v) is 2.14. The molecule has 0 fully saturated rings. The summed E-state index contributed by atoms with van der Waals surface area (Å²) in [4.78, 5) is 7.19. The summed E-state index contributed by atoms with van der Waals surface area (Å²) in [5.74, 6) is 3.46. The zero-order valence-electron chi connectivity index (χ0n) is 6.13. The number of nitrogens with zero attached hydrogens (tertiary/aromatic N) is 1. The van der Waals surface area contributed by atoms with Crippen molar-refractivity contribution in [3.8, 4) is 0 Å². The molecule has 0 bridgehead atoms. The molecular formula is C7H12N2S. The normalized spacial score (nSPS) is 10.1. The first-order valence-electron chi connectivity index (χ1n) is 3.49. The molecule has 0 amide bonds. The maximum atomic E-state index is 4.12. The predicted molar refractivity (Wildman–Crippen MR) is 45.3 cm³/mol. The molecule has 1 heterocycles. The van der Waals surface area contributed by atoms with E-state index in [4.69, 9.17) is 0 Å². The third kappa shape index (κ3) is 2.43. The Bertz CT molecular complexity index is 160. The molecule has 1 rings (SSSR count). The van der Waals surface area contributed by atoms with Crippen LogP contribution < -0.4 is 0 Å². The minimum Gasteiger partial charge on any atom is -0.349 e. The van der Waals surface area contributed by atoms with Crippen molar-refractivity contribution in [3.63, 3.8) is 0 Å². The van der Waals surface area contributed by atoms with Crippen LogP contribution in [0.15, 0.2) is 12.4 Å². The summed E-state index contributed by atoms with van der Waals surface area (Å²) in [5.41, 5.74) is 0. The summed E-state index contributed by atoms with van der Waals surface area (Å²) in [6.45, 7) is 2.17. The standard InChI is InChI=1S/C7H12N2S/c1-2-10-6-3-7-8-4-5-9-7/h4-5H,2-3,6H2,1H3,(H,8,9). The molecule has 0 aliphatic carbocycles. The second-order valence-corrected chi connectivity index (χ2v) is 3.38. The Morgan fingerprint density at radius 3 is 3.20 bits per heavy atom. The minimum atomic E-state index is 1.06. The van der Waals surface area contributed by atoms with E-state index in [-0.39, 0.29) is 0 Å². The first kappa shape index (κ1) is 7.66. The first-order valence-corrected chi connectivity index (χ1v) is 4.65. The van der Waals surface area contributed by atoms with E-state index in [1.54, 1.807) is 6.20 Å². The fraction of sp³-hybridized carbons (Fsp3) is 0.571. The highest BCUT2D eigenvalue weighted by molar-refractivity contribution is 7.99. The Morgan fingerprint density at radius 2 is 2.60 bits per heavy atom. The van der Waals surface area contributed by atoms with E-state index in [9.17, 15) is 0 Å². The van der Waals surface area contributed by atoms with Gasteiger partial charge in [-0.05, 0) is 5.75 Å². The highest BCUT2D eigenvalue weighted by Crippen LogP contribution is 2.01. The maximum absolute atomic E-state index is 4.12. The number of imidazole rings is 1. The lowest BCUT2D eigenvalue weighted by Gasteiger charge is -1.93. The summed E-state index contributed by atoms with van der Waals surface area (Å²) in [6.07, 6.45) is 4.73. The smallest absolute Gasteiger partial charge is 0.106 e. The molecule has 10 heavy (non-hydrogen) atoms. The molecule has 0 saturated heterocycles. The fourth-order valence-electron chi connectivity index (χ4n) is 0.748. The van der Waals surface area contributed by atoms with Crippen molar-refractivity contribution in [2.24, 2.45) is 0 Å². The molecule has 0 atom stereocenters. The fourth-order valence-corrected chi connectivity index (χ4v) is 1.37. The van der Waals surface area contributed by atoms with E-state index >= 15 is 0 Å². The Balaban J connectivity index is 2.15. The molecule has 0 radical (unpaired) electrons. The summed E-state index contributed by atoms with van der Waals surface area (Å²) >= 11 is 1.95. The number of hydrogen-bond acceptors (Lipinski definition) is 2. The zero-order chi connectivity index (χ0) is 7.23. The van der Waals surface area contributed by atoms with Gasteiger partial charge in [0.1, 0.15) is 5.82 Å². The van der Waals surface area contributed by atoms with Crippen LogP contribution in [0.4, 0.5) is 0 Å². The molecule has 0 aromatic carbocycles. The van der Waals surface area contributed by atoms with Gasteiger partial charge in [0.2, 0.25) is 0 Å². The topological polar surface area (TPSA) is 28.7 Å². The van der Waals surface area contributed by atoms with E-state index in [0.29, 0.717) is 0 Å². The molecule has 0 spiro atoms. The van der Waals surface area contributed by atoms with E-state index < -0.39 is 0 Å². The average molecular weight is 156 g/mol. The van der Waals surface area contributed by atoms with Crippen LogP contribution in [0.5, 0.6) is 0 Å². The molecule has 1 aromatic heterocycles. The number of aromatic nitrogens is 2. The van der Waals surface area contributed by atoms with Crippen LogP contribution in [-0.2, 0) is 6.42 Å². The van der Waals surface area contributed by atoms with Crippen molar-refractivity contribution in [3.05, 3.63) is 18.2 Å². The lowest BCUT2D eigenvalue weighted by atomic mass is 10.5. The molecule has 0 unspecified atom stereocenters. The number of H-pyrrole nitrogens is 1. The molecule has 3 heteroatoms. The van der Waals surface area contributed by atoms with Crippen molar-refractivity contribution >= 4 is 11.8 Å². The van der Waals surface area contributed by atoms with Gasteiger partial charge in [-0.2, -0.15) is 11.8 Å². The third-order valence-electron chi connectivity index (χ3n) is 1.24. The second kappa shape index (κ2) is 4.39. The highest BCUT2D eigenvalue weighted by atomic mass is 32.2. The van der Waals surface area contributed by atoms with Crippen LogP contribution in [-0.4, -0.2) is 21.5 Å². The molecule has 0 aliphatic rings. The Kier molecular flexibility index (Phi) is 3.36. The Morgan fingerprint density at radius 1 is 1.70 bits per heavy atom. The van der Waals surface area contributed by atoms with Crippen molar-refractivity contribution in [1.29, 1.82) is 0 Å². The maximum Gasteiger partial charge on any atom is 0.106 e. The van der Waals surface area contributed by atoms with Gasteiger partial charge in [-0.25, -0.2) is 4.98 Å². The molecule has 1 aromatic rings. The summed E-state index contributed by atoms with van der Waals surface area (Å²) in [7, 11) is 0. The minimum absolute atomic E-state index is 1.06. The van der Waals surface area contributed by atoms with Crippen molar-refractivity contribution in [1.82, 2.24) is 9.97 Å². The number of hydrogen-bond donors (Lipinski definition) is 1. The van der Waals surface area contributed by atoms with Crippen LogP contribution in [0, 0.1) is 0 Å². The van der Waals surface area contributed by atoms with E-state index in [0.717, 1.165) is 12.2 Å². The van der Waals surface area contributed by atoms with Crippen LogP contribution in [0.3, 0.4) is 0 Å². The lowest BCUT2D eigenvalue weighted by molar-refractivity contribution is 0.999. The quantitative estimate of drug-likeness (QED) is 0.672. The molecule has 0 aliphatic heterocycles. The average Bonchev–Trinajstić information content (AvgIpc) is 2.41. The molecule has 0 saturated carbocycles. The largest absolute Gasteiger partial charge is 0.349 e. The summed E-state index contributed by atoms with van der Waals surface area (Å²) < 4.78 is 0. The molecule has 1 N–H and O–H groups in total. The number of rotatable bonds is 4. The van der Waals surface area contributed by atoms with Crippen molar-refractivity contribution < 1.29 is 0 Å². The summed E-state index contributed by atoms with van der Waals surface area (Å²) in [5, 5.41) is 0. The van der Waals surface area contributed by atoms with Crippen LogP contribution in [0.1, 0.15) is 12.7 Å². The van der Waals surface area contributed by atoms with Gasteiger partial charge in [0.15, 0.2) is 0 Å². The first-order chi connectivity index (χ1) is 4.93. The predicted octanol–water partition coefficient (Wildman–Crippen LogP) is 1.71. The van der Waals surface area contributed by atoms with Crippen LogP contribution in [0.25, 0.3) is 0 Å². The highest BCUT2D eigenvalue weighted by Gasteiger charge is 1.92. The SMILES string of the molecule is CCSCCc1ncc[nH]1. The molecular weight excluding hydrogens is 144 g/mol. The van der Waals surface area contributed by atoms with Crippen LogP contribution in [0.2, 0.25) is 0 Å². The number of nitrogens with one attached hydrogen (secondary N) is 1. The van der Waals surface area contributed by atoms with Gasteiger partial charge in [0.05, 0.1) is 0 Å². The van der Waals surface area contributed by atoms with Gasteiger partial charge in [-0.15, -0.1) is 0 Å². The lowest BCUT2D eigenvalue weighted by Crippen LogP contribution is -1.90. The van der Waals surface area contributed by atoms with E-state index in [1.807, 2.05) is 18.0 Å². The van der Waals surface area contributed by atoms with Crippen molar-refractivity contribution in [2.75, 3.05) is 11.5 Å². The Hall–Kier alpha value is -0.440. The second-order valence-electron chi connectivity index (χ2n) is 1.98. The number of thioether (sulfide) groups is 1. The van der Waals surface area contributed by atoms with E-state index in [2.05, 4.69) is 16.9 Å². The summed E-state index contributed by atoms with van der Waals surface area (Å²) in [6, 6.07) is 0. The van der Waals surface area contributed by atoms with Gasteiger partial charge < -0.3 is 4.98 Å². The van der Waals surface area contributed by atoms with Gasteiger partial charge in [-0.1, -0.05) is 6.92 Å². The number of aryl methyl sites for hydroxylation is 1. The number of aromatic amines is 1. The molecule has 56 valence electrons. The monoisotopic (exact) mass is 156 g/mol. The zero-order valence-corrected chi connectivity index (χ0v) is 6.95. The van der Waals surface area contributed by atoms with E-state index in [1.165, 1.54) is 11.5 Å². The molecule has 2 nitrogen and oxygen atoms in total. The van der Waals surface area contributed by atoms with Crippen LogP contribution >= 0.6 is 11.8 Å². The Labute approximate surface area is 65.4 Å².